The van der Waals surface area contributed by atoms with Crippen LogP contribution >= 0.6 is 23.7 Å². The van der Waals surface area contributed by atoms with E-state index in [1.165, 1.54) is 23.5 Å². The number of benzene rings is 1. The molecular formula is C15H16ClFN2OS. The third-order valence-electron chi connectivity index (χ3n) is 3.35. The number of hydrogen-bond acceptors (Lipinski definition) is 3. The van der Waals surface area contributed by atoms with E-state index in [-0.39, 0.29) is 30.2 Å². The zero-order chi connectivity index (χ0) is 13.9. The zero-order valence-corrected chi connectivity index (χ0v) is 12.9. The Morgan fingerprint density at radius 3 is 2.67 bits per heavy atom. The summed E-state index contributed by atoms with van der Waals surface area (Å²) in [6.07, 6.45) is 0.974. The van der Waals surface area contributed by atoms with Gasteiger partial charge in [0.2, 0.25) is 0 Å². The van der Waals surface area contributed by atoms with Gasteiger partial charge in [-0.3, -0.25) is 4.79 Å². The van der Waals surface area contributed by atoms with Gasteiger partial charge in [-0.05, 0) is 42.8 Å². The molecule has 0 spiro atoms. The highest BCUT2D eigenvalue weighted by Crippen LogP contribution is 2.28. The monoisotopic (exact) mass is 326 g/mol. The maximum absolute atomic E-state index is 12.9. The van der Waals surface area contributed by atoms with E-state index in [9.17, 15) is 9.18 Å². The van der Waals surface area contributed by atoms with Gasteiger partial charge in [0.15, 0.2) is 0 Å². The van der Waals surface area contributed by atoms with Crippen LogP contribution in [0.15, 0.2) is 36.4 Å². The molecule has 0 bridgehead atoms. The Labute approximate surface area is 133 Å². The Kier molecular flexibility index (Phi) is 5.33. The lowest BCUT2D eigenvalue weighted by Crippen LogP contribution is -2.35. The number of rotatable bonds is 3. The van der Waals surface area contributed by atoms with Gasteiger partial charge in [0.05, 0.1) is 4.88 Å². The highest BCUT2D eigenvalue weighted by molar-refractivity contribution is 7.17. The van der Waals surface area contributed by atoms with Crippen LogP contribution in [-0.4, -0.2) is 25.0 Å². The molecule has 0 radical (unpaired) electrons. The number of halogens is 2. The smallest absolute Gasteiger partial charge is 0.261 e. The van der Waals surface area contributed by atoms with Gasteiger partial charge in [-0.1, -0.05) is 12.1 Å². The Balaban J connectivity index is 0.00000161. The van der Waals surface area contributed by atoms with E-state index in [1.54, 1.807) is 12.1 Å². The molecule has 1 amide bonds. The van der Waals surface area contributed by atoms with E-state index in [0.717, 1.165) is 30.0 Å². The molecule has 3 nitrogen and oxygen atoms in total. The van der Waals surface area contributed by atoms with E-state index >= 15 is 0 Å². The summed E-state index contributed by atoms with van der Waals surface area (Å²) in [4.78, 5) is 13.8. The molecule has 1 aromatic heterocycles. The van der Waals surface area contributed by atoms with E-state index < -0.39 is 0 Å². The molecule has 21 heavy (non-hydrogen) atoms. The molecule has 0 aliphatic carbocycles. The highest BCUT2D eigenvalue weighted by atomic mass is 35.5. The van der Waals surface area contributed by atoms with Gasteiger partial charge >= 0.3 is 0 Å². The average Bonchev–Trinajstić information content (AvgIpc) is 3.10. The van der Waals surface area contributed by atoms with Crippen molar-refractivity contribution in [2.45, 2.75) is 12.5 Å². The lowest BCUT2D eigenvalue weighted by molar-refractivity contribution is 0.0944. The van der Waals surface area contributed by atoms with Gasteiger partial charge < -0.3 is 10.6 Å². The zero-order valence-electron chi connectivity index (χ0n) is 11.3. The van der Waals surface area contributed by atoms with Crippen LogP contribution in [0.1, 0.15) is 16.1 Å². The summed E-state index contributed by atoms with van der Waals surface area (Å²) in [6, 6.07) is 10.3. The minimum absolute atomic E-state index is 0. The molecule has 2 heterocycles. The summed E-state index contributed by atoms with van der Waals surface area (Å²) in [5.74, 6) is -0.283. The molecule has 6 heteroatoms. The molecule has 112 valence electrons. The SMILES string of the molecule is Cl.O=C(NC1CCNC1)c1ccc(-c2ccc(F)cc2)s1. The standard InChI is InChI=1S/C15H15FN2OS.ClH/c16-11-3-1-10(2-4-11)13-5-6-14(20-13)15(19)18-12-7-8-17-9-12;/h1-6,12,17H,7-9H2,(H,18,19);1H. The van der Waals surface area contributed by atoms with E-state index in [1.807, 2.05) is 12.1 Å². The first-order valence-electron chi connectivity index (χ1n) is 6.60. The van der Waals surface area contributed by atoms with Crippen LogP contribution in [0.2, 0.25) is 0 Å². The van der Waals surface area contributed by atoms with Gasteiger partial charge in [0.1, 0.15) is 5.82 Å². The second-order valence-corrected chi connectivity index (χ2v) is 5.92. The van der Waals surface area contributed by atoms with Crippen LogP contribution in [0, 0.1) is 5.82 Å². The number of hydrogen-bond donors (Lipinski definition) is 2. The van der Waals surface area contributed by atoms with Crippen LogP contribution in [0.5, 0.6) is 0 Å². The van der Waals surface area contributed by atoms with Gasteiger partial charge in [-0.15, -0.1) is 23.7 Å². The Morgan fingerprint density at radius 2 is 2.00 bits per heavy atom. The van der Waals surface area contributed by atoms with Crippen LogP contribution in [-0.2, 0) is 0 Å². The van der Waals surface area contributed by atoms with Gasteiger partial charge in [0.25, 0.3) is 5.91 Å². The maximum Gasteiger partial charge on any atom is 0.261 e. The summed E-state index contributed by atoms with van der Waals surface area (Å²) < 4.78 is 12.9. The average molecular weight is 327 g/mol. The minimum Gasteiger partial charge on any atom is -0.347 e. The minimum atomic E-state index is -0.253. The summed E-state index contributed by atoms with van der Waals surface area (Å²) in [5.41, 5.74) is 0.929. The molecule has 1 fully saturated rings. The quantitative estimate of drug-likeness (QED) is 0.910. The third-order valence-corrected chi connectivity index (χ3v) is 4.49. The van der Waals surface area contributed by atoms with Crippen LogP contribution in [0.25, 0.3) is 10.4 Å². The second-order valence-electron chi connectivity index (χ2n) is 4.83. The summed E-state index contributed by atoms with van der Waals surface area (Å²) >= 11 is 1.43. The Bertz CT molecular complexity index is 608. The fourth-order valence-corrected chi connectivity index (χ4v) is 3.18. The first kappa shape index (κ1) is 15.9. The number of carbonyl (C=O) groups is 1. The van der Waals surface area contributed by atoms with Crippen molar-refractivity contribution in [1.29, 1.82) is 0 Å². The molecule has 3 rings (SSSR count). The number of thiophene rings is 1. The first-order chi connectivity index (χ1) is 9.72. The topological polar surface area (TPSA) is 41.1 Å². The molecule has 1 atom stereocenters. The van der Waals surface area contributed by atoms with Gasteiger partial charge in [0, 0.05) is 17.5 Å². The molecule has 1 aliphatic heterocycles. The van der Waals surface area contributed by atoms with Gasteiger partial charge in [-0.25, -0.2) is 4.39 Å². The number of carbonyl (C=O) groups excluding carboxylic acids is 1. The molecule has 2 aromatic rings. The van der Waals surface area contributed by atoms with E-state index in [4.69, 9.17) is 0 Å². The predicted molar refractivity (Wildman–Crippen MR) is 85.7 cm³/mol. The normalized spacial score (nSPS) is 17.3. The van der Waals surface area contributed by atoms with Crippen molar-refractivity contribution in [2.24, 2.45) is 0 Å². The fraction of sp³-hybridized carbons (Fsp3) is 0.267. The van der Waals surface area contributed by atoms with Crippen molar-refractivity contribution in [3.05, 3.63) is 47.1 Å². The summed E-state index contributed by atoms with van der Waals surface area (Å²) in [6.45, 7) is 1.79. The molecule has 1 saturated heterocycles. The van der Waals surface area contributed by atoms with Crippen LogP contribution in [0.4, 0.5) is 4.39 Å². The molecule has 2 N–H and O–H groups in total. The third kappa shape index (κ3) is 3.81. The van der Waals surface area contributed by atoms with Crippen molar-refractivity contribution < 1.29 is 9.18 Å². The van der Waals surface area contributed by atoms with Crippen molar-refractivity contribution in [2.75, 3.05) is 13.1 Å². The fourth-order valence-electron chi connectivity index (χ4n) is 2.26. The Morgan fingerprint density at radius 1 is 1.24 bits per heavy atom. The van der Waals surface area contributed by atoms with Crippen LogP contribution < -0.4 is 10.6 Å². The van der Waals surface area contributed by atoms with E-state index in [2.05, 4.69) is 10.6 Å². The van der Waals surface area contributed by atoms with Gasteiger partial charge in [-0.2, -0.15) is 0 Å². The summed E-state index contributed by atoms with van der Waals surface area (Å²) in [5, 5.41) is 6.24. The predicted octanol–water partition coefficient (Wildman–Crippen LogP) is 3.07. The summed E-state index contributed by atoms with van der Waals surface area (Å²) in [7, 11) is 0. The van der Waals surface area contributed by atoms with Crippen molar-refractivity contribution in [3.8, 4) is 10.4 Å². The lowest BCUT2D eigenvalue weighted by atomic mass is 10.2. The molecule has 1 aromatic carbocycles. The van der Waals surface area contributed by atoms with E-state index in [0.29, 0.717) is 4.88 Å². The molecular weight excluding hydrogens is 311 g/mol. The van der Waals surface area contributed by atoms with Crippen LogP contribution in [0.3, 0.4) is 0 Å². The number of nitrogens with one attached hydrogen (secondary N) is 2. The molecule has 1 aliphatic rings. The lowest BCUT2D eigenvalue weighted by Gasteiger charge is -2.09. The van der Waals surface area contributed by atoms with Crippen molar-refractivity contribution in [1.82, 2.24) is 10.6 Å². The van der Waals surface area contributed by atoms with Crippen molar-refractivity contribution >= 4 is 29.7 Å². The largest absolute Gasteiger partial charge is 0.347 e. The first-order valence-corrected chi connectivity index (χ1v) is 7.41. The molecule has 0 saturated carbocycles. The molecule has 1 unspecified atom stereocenters. The Hall–Kier alpha value is -1.43. The van der Waals surface area contributed by atoms with Crippen molar-refractivity contribution in [3.63, 3.8) is 0 Å². The number of amides is 1. The highest BCUT2D eigenvalue weighted by Gasteiger charge is 2.18. The maximum atomic E-state index is 12.9. The second kappa shape index (κ2) is 7.02.